The molecule has 0 saturated heterocycles. The Labute approximate surface area is 122 Å². The second-order valence-corrected chi connectivity index (χ2v) is 5.44. The van der Waals surface area contributed by atoms with Gasteiger partial charge >= 0.3 is 0 Å². The van der Waals surface area contributed by atoms with Crippen LogP contribution in [0.2, 0.25) is 5.02 Å². The number of anilines is 1. The van der Waals surface area contributed by atoms with Crippen LogP contribution in [0.1, 0.15) is 28.4 Å². The van der Waals surface area contributed by atoms with E-state index in [1.165, 1.54) is 0 Å². The summed E-state index contributed by atoms with van der Waals surface area (Å²) in [6.45, 7) is 1.95. The van der Waals surface area contributed by atoms with Crippen molar-refractivity contribution in [2.45, 2.75) is 19.4 Å². The van der Waals surface area contributed by atoms with Crippen LogP contribution in [0.25, 0.3) is 0 Å². The molecule has 1 unspecified atom stereocenters. The lowest BCUT2D eigenvalue weighted by molar-refractivity contribution is -0.115. The lowest BCUT2D eigenvalue weighted by atomic mass is 9.95. The average Bonchev–Trinajstić information content (AvgIpc) is 2.77. The van der Waals surface area contributed by atoms with Crippen LogP contribution in [0.3, 0.4) is 0 Å². The minimum atomic E-state index is -0.851. The van der Waals surface area contributed by atoms with E-state index < -0.39 is 6.10 Å². The number of carbonyl (C=O) groups is 1. The highest BCUT2D eigenvalue weighted by atomic mass is 35.5. The fourth-order valence-corrected chi connectivity index (χ4v) is 2.86. The molecule has 0 bridgehead atoms. The first-order valence-corrected chi connectivity index (χ1v) is 6.80. The summed E-state index contributed by atoms with van der Waals surface area (Å²) in [7, 11) is 0. The Bertz CT molecular complexity index is 697. The number of aliphatic hydroxyl groups excluding tert-OH is 1. The third-order valence-electron chi connectivity index (χ3n) is 3.50. The number of halogens is 1. The maximum absolute atomic E-state index is 11.6. The molecule has 0 spiro atoms. The van der Waals surface area contributed by atoms with Crippen LogP contribution in [0.4, 0.5) is 5.69 Å². The number of benzene rings is 2. The normalized spacial score (nSPS) is 14.8. The molecule has 0 aromatic heterocycles. The van der Waals surface area contributed by atoms with Crippen molar-refractivity contribution in [1.82, 2.24) is 0 Å². The zero-order valence-electron chi connectivity index (χ0n) is 11.0. The maximum Gasteiger partial charge on any atom is 0.228 e. The SMILES string of the molecule is Cc1cc2c(c(C(O)c3ccccc3Cl)c1)NC(=O)C2. The largest absolute Gasteiger partial charge is 0.384 e. The second-order valence-electron chi connectivity index (χ2n) is 5.04. The van der Waals surface area contributed by atoms with Gasteiger partial charge in [-0.15, -0.1) is 0 Å². The number of carbonyl (C=O) groups excluding carboxylic acids is 1. The third kappa shape index (κ3) is 2.19. The molecule has 2 aromatic rings. The lowest BCUT2D eigenvalue weighted by Crippen LogP contribution is -2.08. The number of aryl methyl sites for hydroxylation is 1. The lowest BCUT2D eigenvalue weighted by Gasteiger charge is -2.17. The molecule has 0 aliphatic carbocycles. The average molecular weight is 288 g/mol. The number of nitrogens with one attached hydrogen (secondary N) is 1. The first-order valence-electron chi connectivity index (χ1n) is 6.42. The van der Waals surface area contributed by atoms with Gasteiger partial charge in [0.05, 0.1) is 12.1 Å². The van der Waals surface area contributed by atoms with Crippen LogP contribution in [0.5, 0.6) is 0 Å². The zero-order valence-corrected chi connectivity index (χ0v) is 11.7. The van der Waals surface area contributed by atoms with Crippen LogP contribution in [-0.4, -0.2) is 11.0 Å². The van der Waals surface area contributed by atoms with E-state index >= 15 is 0 Å². The Kier molecular flexibility index (Phi) is 3.24. The van der Waals surface area contributed by atoms with Crippen molar-refractivity contribution in [2.75, 3.05) is 5.32 Å². The number of amides is 1. The van der Waals surface area contributed by atoms with Gasteiger partial charge in [0.15, 0.2) is 0 Å². The highest BCUT2D eigenvalue weighted by molar-refractivity contribution is 6.31. The molecule has 1 aliphatic heterocycles. The number of hydrogen-bond acceptors (Lipinski definition) is 2. The van der Waals surface area contributed by atoms with Gasteiger partial charge in [-0.05, 0) is 18.6 Å². The van der Waals surface area contributed by atoms with Gasteiger partial charge in [-0.3, -0.25) is 4.79 Å². The van der Waals surface area contributed by atoms with E-state index in [0.29, 0.717) is 28.3 Å². The van der Waals surface area contributed by atoms with Crippen LogP contribution >= 0.6 is 11.6 Å². The van der Waals surface area contributed by atoms with Gasteiger partial charge < -0.3 is 10.4 Å². The topological polar surface area (TPSA) is 49.3 Å². The Morgan fingerprint density at radius 1 is 1.25 bits per heavy atom. The maximum atomic E-state index is 11.6. The van der Waals surface area contributed by atoms with E-state index in [-0.39, 0.29) is 5.91 Å². The number of rotatable bonds is 2. The molecular formula is C16H14ClNO2. The van der Waals surface area contributed by atoms with E-state index in [1.807, 2.05) is 31.2 Å². The molecule has 0 saturated carbocycles. The van der Waals surface area contributed by atoms with Gasteiger partial charge in [0, 0.05) is 16.1 Å². The molecule has 1 heterocycles. The summed E-state index contributed by atoms with van der Waals surface area (Å²) in [6, 6.07) is 11.0. The summed E-state index contributed by atoms with van der Waals surface area (Å²) in [4.78, 5) is 11.6. The summed E-state index contributed by atoms with van der Waals surface area (Å²) in [5.74, 6) is -0.0433. The van der Waals surface area contributed by atoms with E-state index in [0.717, 1.165) is 11.1 Å². The summed E-state index contributed by atoms with van der Waals surface area (Å²) >= 11 is 6.14. The molecule has 2 N–H and O–H groups in total. The van der Waals surface area contributed by atoms with Crippen molar-refractivity contribution in [1.29, 1.82) is 0 Å². The van der Waals surface area contributed by atoms with Gasteiger partial charge in [0.1, 0.15) is 6.10 Å². The Hall–Kier alpha value is -1.84. The first-order chi connectivity index (χ1) is 9.56. The van der Waals surface area contributed by atoms with Gasteiger partial charge in [0.25, 0.3) is 0 Å². The molecular weight excluding hydrogens is 274 g/mol. The molecule has 1 atom stereocenters. The molecule has 20 heavy (non-hydrogen) atoms. The Morgan fingerprint density at radius 3 is 2.75 bits per heavy atom. The monoisotopic (exact) mass is 287 g/mol. The van der Waals surface area contributed by atoms with Gasteiger partial charge in [-0.2, -0.15) is 0 Å². The highest BCUT2D eigenvalue weighted by Gasteiger charge is 2.25. The zero-order chi connectivity index (χ0) is 14.3. The molecule has 0 fully saturated rings. The van der Waals surface area contributed by atoms with Gasteiger partial charge in [-0.1, -0.05) is 47.5 Å². The second kappa shape index (κ2) is 4.93. The Morgan fingerprint density at radius 2 is 2.00 bits per heavy atom. The number of hydrogen-bond donors (Lipinski definition) is 2. The fraction of sp³-hybridized carbons (Fsp3) is 0.188. The Balaban J connectivity index is 2.12. The molecule has 1 aliphatic rings. The van der Waals surface area contributed by atoms with Gasteiger partial charge in [0.2, 0.25) is 5.91 Å². The molecule has 102 valence electrons. The fourth-order valence-electron chi connectivity index (χ4n) is 2.62. The predicted molar refractivity (Wildman–Crippen MR) is 79.0 cm³/mol. The third-order valence-corrected chi connectivity index (χ3v) is 3.85. The molecule has 2 aromatic carbocycles. The molecule has 4 heteroatoms. The van der Waals surface area contributed by atoms with E-state index in [4.69, 9.17) is 11.6 Å². The first kappa shape index (κ1) is 13.2. The molecule has 1 amide bonds. The van der Waals surface area contributed by atoms with Crippen LogP contribution < -0.4 is 5.32 Å². The summed E-state index contributed by atoms with van der Waals surface area (Å²) in [6.07, 6.45) is -0.491. The van der Waals surface area contributed by atoms with Crippen LogP contribution in [0.15, 0.2) is 36.4 Å². The van der Waals surface area contributed by atoms with Crippen molar-refractivity contribution in [3.05, 3.63) is 63.7 Å². The molecule has 3 rings (SSSR count). The van der Waals surface area contributed by atoms with Gasteiger partial charge in [-0.25, -0.2) is 0 Å². The molecule has 0 radical (unpaired) electrons. The van der Waals surface area contributed by atoms with Crippen LogP contribution in [-0.2, 0) is 11.2 Å². The number of fused-ring (bicyclic) bond motifs is 1. The predicted octanol–water partition coefficient (Wildman–Crippen LogP) is 3.22. The summed E-state index contributed by atoms with van der Waals surface area (Å²) in [5.41, 5.74) is 3.99. The van der Waals surface area contributed by atoms with Crippen LogP contribution in [0, 0.1) is 6.92 Å². The van der Waals surface area contributed by atoms with E-state index in [2.05, 4.69) is 5.32 Å². The van der Waals surface area contributed by atoms with Crippen molar-refractivity contribution < 1.29 is 9.90 Å². The van der Waals surface area contributed by atoms with Crippen molar-refractivity contribution in [2.24, 2.45) is 0 Å². The summed E-state index contributed by atoms with van der Waals surface area (Å²) < 4.78 is 0. The standard InChI is InChI=1S/C16H14ClNO2/c1-9-6-10-8-14(19)18-15(10)12(7-9)16(20)11-4-2-3-5-13(11)17/h2-7,16,20H,8H2,1H3,(H,18,19). The minimum Gasteiger partial charge on any atom is -0.384 e. The smallest absolute Gasteiger partial charge is 0.228 e. The van der Waals surface area contributed by atoms with E-state index in [9.17, 15) is 9.90 Å². The number of aliphatic hydroxyl groups is 1. The van der Waals surface area contributed by atoms with Crippen molar-refractivity contribution in [3.8, 4) is 0 Å². The van der Waals surface area contributed by atoms with E-state index in [1.54, 1.807) is 12.1 Å². The quantitative estimate of drug-likeness (QED) is 0.891. The molecule has 3 nitrogen and oxygen atoms in total. The highest BCUT2D eigenvalue weighted by Crippen LogP contribution is 2.37. The summed E-state index contributed by atoms with van der Waals surface area (Å²) in [5, 5.41) is 13.9. The van der Waals surface area contributed by atoms with Crippen molar-refractivity contribution >= 4 is 23.2 Å². The van der Waals surface area contributed by atoms with Crippen molar-refractivity contribution in [3.63, 3.8) is 0 Å². The minimum absolute atomic E-state index is 0.0433.